The molecule has 118 valence electrons. The van der Waals surface area contributed by atoms with Crippen molar-refractivity contribution in [3.05, 3.63) is 60.4 Å². The third-order valence-electron chi connectivity index (χ3n) is 3.62. The Morgan fingerprint density at radius 1 is 1.13 bits per heavy atom. The Kier molecular flexibility index (Phi) is 4.01. The fraction of sp³-hybridized carbons (Fsp3) is 0.188. The molecule has 0 bridgehead atoms. The van der Waals surface area contributed by atoms with Gasteiger partial charge in [0, 0.05) is 18.6 Å². The average molecular weight is 316 g/mol. The van der Waals surface area contributed by atoms with Crippen LogP contribution in [-0.2, 0) is 0 Å². The van der Waals surface area contributed by atoms with Crippen molar-refractivity contribution < 1.29 is 13.5 Å². The van der Waals surface area contributed by atoms with Crippen LogP contribution in [0.25, 0.3) is 11.4 Å². The molecule has 1 atom stereocenters. The molecule has 0 saturated heterocycles. The molecule has 5 nitrogen and oxygen atoms in total. The smallest absolute Gasteiger partial charge is 0.173 e. The topological polar surface area (TPSA) is 52.8 Å². The molecule has 0 N–H and O–H groups in total. The van der Waals surface area contributed by atoms with Crippen LogP contribution < -0.4 is 4.74 Å². The quantitative estimate of drug-likeness (QED) is 0.741. The van der Waals surface area contributed by atoms with Gasteiger partial charge in [-0.2, -0.15) is 0 Å². The zero-order valence-corrected chi connectivity index (χ0v) is 12.6. The molecule has 23 heavy (non-hydrogen) atoms. The minimum atomic E-state index is -0.994. The summed E-state index contributed by atoms with van der Waals surface area (Å²) in [5.74, 6) is -1.46. The number of benzene rings is 1. The number of aromatic nitrogens is 4. The lowest BCUT2D eigenvalue weighted by atomic mass is 10.1. The fourth-order valence-electron chi connectivity index (χ4n) is 2.42. The lowest BCUT2D eigenvalue weighted by Crippen LogP contribution is -2.10. The Bertz CT molecular complexity index is 820. The number of hydrogen-bond donors (Lipinski definition) is 0. The van der Waals surface area contributed by atoms with Gasteiger partial charge in [0.15, 0.2) is 11.6 Å². The molecule has 0 aliphatic carbocycles. The van der Waals surface area contributed by atoms with Crippen LogP contribution in [0.4, 0.5) is 8.78 Å². The minimum Gasteiger partial charge on any atom is -0.496 e. The molecule has 0 spiro atoms. The first-order chi connectivity index (χ1) is 11.1. The molecule has 0 radical (unpaired) electrons. The SMILES string of the molecule is COc1ccc(F)c(F)c1-c1nccn1C(C)c1ccncn1. The summed E-state index contributed by atoms with van der Waals surface area (Å²) in [4.78, 5) is 12.2. The predicted molar refractivity (Wildman–Crippen MR) is 80.0 cm³/mol. The van der Waals surface area contributed by atoms with Crippen LogP contribution in [0.2, 0.25) is 0 Å². The monoisotopic (exact) mass is 316 g/mol. The van der Waals surface area contributed by atoms with Gasteiger partial charge in [0.2, 0.25) is 0 Å². The molecular weight excluding hydrogens is 302 g/mol. The Hall–Kier alpha value is -2.83. The van der Waals surface area contributed by atoms with E-state index in [4.69, 9.17) is 4.74 Å². The summed E-state index contributed by atoms with van der Waals surface area (Å²) < 4.78 is 34.9. The van der Waals surface area contributed by atoms with Crippen molar-refractivity contribution in [3.8, 4) is 17.1 Å². The van der Waals surface area contributed by atoms with Gasteiger partial charge < -0.3 is 9.30 Å². The largest absolute Gasteiger partial charge is 0.496 e. The van der Waals surface area contributed by atoms with Gasteiger partial charge in [-0.15, -0.1) is 0 Å². The first-order valence-electron chi connectivity index (χ1n) is 6.94. The van der Waals surface area contributed by atoms with Crippen LogP contribution in [0, 0.1) is 11.6 Å². The Morgan fingerprint density at radius 3 is 2.65 bits per heavy atom. The van der Waals surface area contributed by atoms with E-state index in [1.807, 2.05) is 6.92 Å². The maximum atomic E-state index is 14.3. The van der Waals surface area contributed by atoms with Crippen molar-refractivity contribution in [3.63, 3.8) is 0 Å². The van der Waals surface area contributed by atoms with Gasteiger partial charge in [-0.25, -0.2) is 23.7 Å². The van der Waals surface area contributed by atoms with Crippen LogP contribution in [0.3, 0.4) is 0 Å². The van der Waals surface area contributed by atoms with E-state index in [9.17, 15) is 8.78 Å². The van der Waals surface area contributed by atoms with E-state index >= 15 is 0 Å². The highest BCUT2D eigenvalue weighted by Crippen LogP contribution is 2.34. The second-order valence-electron chi connectivity index (χ2n) is 4.91. The van der Waals surface area contributed by atoms with Crippen molar-refractivity contribution in [1.29, 1.82) is 0 Å². The summed E-state index contributed by atoms with van der Waals surface area (Å²) in [5, 5.41) is 0. The Morgan fingerprint density at radius 2 is 1.96 bits per heavy atom. The zero-order chi connectivity index (χ0) is 16.4. The molecule has 1 unspecified atom stereocenters. The molecular formula is C16H14F2N4O. The number of nitrogens with zero attached hydrogens (tertiary/aromatic N) is 4. The van der Waals surface area contributed by atoms with Gasteiger partial charge in [0.05, 0.1) is 24.4 Å². The van der Waals surface area contributed by atoms with E-state index < -0.39 is 11.6 Å². The van der Waals surface area contributed by atoms with Gasteiger partial charge in [-0.05, 0) is 25.1 Å². The highest BCUT2D eigenvalue weighted by atomic mass is 19.2. The van der Waals surface area contributed by atoms with Gasteiger partial charge in [0.1, 0.15) is 17.9 Å². The fourth-order valence-corrected chi connectivity index (χ4v) is 2.42. The van der Waals surface area contributed by atoms with Crippen LogP contribution in [0.1, 0.15) is 18.7 Å². The summed E-state index contributed by atoms with van der Waals surface area (Å²) in [5.41, 5.74) is 0.716. The Labute approximate surface area is 131 Å². The van der Waals surface area contributed by atoms with Crippen molar-refractivity contribution in [1.82, 2.24) is 19.5 Å². The maximum Gasteiger partial charge on any atom is 0.173 e. The molecule has 2 aromatic heterocycles. The van der Waals surface area contributed by atoms with E-state index in [2.05, 4.69) is 15.0 Å². The number of hydrogen-bond acceptors (Lipinski definition) is 4. The van der Waals surface area contributed by atoms with E-state index in [0.717, 1.165) is 11.8 Å². The first-order valence-corrected chi connectivity index (χ1v) is 6.94. The summed E-state index contributed by atoms with van der Waals surface area (Å²) >= 11 is 0. The van der Waals surface area contributed by atoms with Gasteiger partial charge in [0.25, 0.3) is 0 Å². The van der Waals surface area contributed by atoms with Gasteiger partial charge in [-0.3, -0.25) is 0 Å². The lowest BCUT2D eigenvalue weighted by molar-refractivity contribution is 0.408. The third-order valence-corrected chi connectivity index (χ3v) is 3.62. The molecule has 0 amide bonds. The summed E-state index contributed by atoms with van der Waals surface area (Å²) in [6.07, 6.45) is 6.27. The van der Waals surface area contributed by atoms with Gasteiger partial charge >= 0.3 is 0 Å². The van der Waals surface area contributed by atoms with E-state index in [0.29, 0.717) is 0 Å². The number of ether oxygens (including phenoxy) is 1. The van der Waals surface area contributed by atoms with Crippen LogP contribution >= 0.6 is 0 Å². The normalized spacial score (nSPS) is 12.2. The van der Waals surface area contributed by atoms with Gasteiger partial charge in [-0.1, -0.05) is 0 Å². The summed E-state index contributed by atoms with van der Waals surface area (Å²) in [6.45, 7) is 1.89. The highest BCUT2D eigenvalue weighted by Gasteiger charge is 2.22. The molecule has 0 aliphatic heterocycles. The number of imidazole rings is 1. The third kappa shape index (κ3) is 2.65. The van der Waals surface area contributed by atoms with Crippen molar-refractivity contribution in [2.24, 2.45) is 0 Å². The average Bonchev–Trinajstić information content (AvgIpc) is 3.06. The highest BCUT2D eigenvalue weighted by molar-refractivity contribution is 5.66. The molecule has 1 aromatic carbocycles. The number of rotatable bonds is 4. The van der Waals surface area contributed by atoms with E-state index in [1.165, 1.54) is 25.7 Å². The molecule has 0 aliphatic rings. The molecule has 2 heterocycles. The van der Waals surface area contributed by atoms with Crippen LogP contribution in [0.15, 0.2) is 43.1 Å². The van der Waals surface area contributed by atoms with E-state index in [-0.39, 0.29) is 23.2 Å². The zero-order valence-electron chi connectivity index (χ0n) is 12.6. The maximum absolute atomic E-state index is 14.3. The molecule has 3 aromatic rings. The molecule has 0 saturated carbocycles. The number of halogens is 2. The second kappa shape index (κ2) is 6.12. The minimum absolute atomic E-state index is 0.0154. The van der Waals surface area contributed by atoms with E-state index in [1.54, 1.807) is 23.0 Å². The predicted octanol–water partition coefficient (Wildman–Crippen LogP) is 3.24. The first kappa shape index (κ1) is 15.1. The van der Waals surface area contributed by atoms with Crippen molar-refractivity contribution >= 4 is 0 Å². The van der Waals surface area contributed by atoms with Crippen molar-refractivity contribution in [2.75, 3.05) is 7.11 Å². The second-order valence-corrected chi connectivity index (χ2v) is 4.91. The summed E-state index contributed by atoms with van der Waals surface area (Å²) in [6, 6.07) is 3.93. The standard InChI is InChI=1S/C16H14F2N4O/c1-10(12-5-6-19-9-21-12)22-8-7-20-16(22)14-13(23-2)4-3-11(17)15(14)18/h3-10H,1-2H3. The van der Waals surface area contributed by atoms with Crippen LogP contribution in [0.5, 0.6) is 5.75 Å². The van der Waals surface area contributed by atoms with Crippen LogP contribution in [-0.4, -0.2) is 26.6 Å². The lowest BCUT2D eigenvalue weighted by Gasteiger charge is -2.17. The number of methoxy groups -OCH3 is 1. The summed E-state index contributed by atoms with van der Waals surface area (Å²) in [7, 11) is 1.40. The Balaban J connectivity index is 2.14. The van der Waals surface area contributed by atoms with Crippen molar-refractivity contribution in [2.45, 2.75) is 13.0 Å². The molecule has 0 fully saturated rings. The molecule has 3 rings (SSSR count). The molecule has 7 heteroatoms.